The zero-order valence-corrected chi connectivity index (χ0v) is 13.3. The fraction of sp³-hybridized carbons (Fsp3) is 0.353. The minimum Gasteiger partial charge on any atom is -0.325 e. The van der Waals surface area contributed by atoms with Gasteiger partial charge in [0.05, 0.1) is 6.54 Å². The molecule has 0 spiro atoms. The fourth-order valence-electron chi connectivity index (χ4n) is 2.66. The molecular weight excluding hydrogens is 280 g/mol. The number of amides is 1. The molecule has 0 unspecified atom stereocenters. The van der Waals surface area contributed by atoms with Crippen LogP contribution in [0.5, 0.6) is 0 Å². The molecule has 1 aliphatic rings. The Morgan fingerprint density at radius 1 is 1.29 bits per heavy atom. The van der Waals surface area contributed by atoms with E-state index in [1.807, 2.05) is 29.5 Å². The smallest absolute Gasteiger partial charge is 0.238 e. The van der Waals surface area contributed by atoms with Crippen LogP contribution in [0.15, 0.2) is 29.6 Å². The van der Waals surface area contributed by atoms with Gasteiger partial charge in [-0.05, 0) is 60.5 Å². The number of hydrogen-bond donors (Lipinski definition) is 1. The van der Waals surface area contributed by atoms with Crippen molar-refractivity contribution in [2.45, 2.75) is 26.8 Å². The Kier molecular flexibility index (Phi) is 4.08. The number of carbonyl (C=O) groups excluding carboxylic acids is 1. The van der Waals surface area contributed by atoms with Crippen LogP contribution in [0.4, 0.5) is 5.69 Å². The zero-order valence-electron chi connectivity index (χ0n) is 12.5. The van der Waals surface area contributed by atoms with Crippen molar-refractivity contribution in [2.75, 3.05) is 18.4 Å². The number of rotatable bonds is 3. The van der Waals surface area contributed by atoms with Crippen molar-refractivity contribution in [2.24, 2.45) is 0 Å². The molecule has 3 nitrogen and oxygen atoms in total. The monoisotopic (exact) mass is 300 g/mol. The summed E-state index contributed by atoms with van der Waals surface area (Å²) < 4.78 is 0. The molecule has 2 aromatic rings. The highest BCUT2D eigenvalue weighted by Gasteiger charge is 2.19. The molecule has 1 amide bonds. The van der Waals surface area contributed by atoms with E-state index in [4.69, 9.17) is 0 Å². The molecule has 110 valence electrons. The molecule has 1 N–H and O–H groups in total. The van der Waals surface area contributed by atoms with Crippen molar-refractivity contribution in [3.8, 4) is 0 Å². The molecule has 1 aliphatic heterocycles. The van der Waals surface area contributed by atoms with E-state index in [2.05, 4.69) is 35.5 Å². The largest absolute Gasteiger partial charge is 0.325 e. The highest BCUT2D eigenvalue weighted by Crippen LogP contribution is 2.23. The average molecular weight is 300 g/mol. The number of nitrogens with one attached hydrogen (secondary N) is 1. The first-order valence-corrected chi connectivity index (χ1v) is 8.14. The molecule has 0 radical (unpaired) electrons. The molecule has 0 saturated carbocycles. The second-order valence-electron chi connectivity index (χ2n) is 5.68. The van der Waals surface area contributed by atoms with Crippen molar-refractivity contribution >= 4 is 22.9 Å². The number of aryl methyl sites for hydroxylation is 2. The van der Waals surface area contributed by atoms with Gasteiger partial charge in [0, 0.05) is 23.7 Å². The van der Waals surface area contributed by atoms with Crippen LogP contribution < -0.4 is 5.32 Å². The van der Waals surface area contributed by atoms with E-state index in [0.717, 1.165) is 25.2 Å². The number of fused-ring (bicyclic) bond motifs is 1. The molecule has 0 aliphatic carbocycles. The molecule has 0 bridgehead atoms. The number of carbonyl (C=O) groups is 1. The summed E-state index contributed by atoms with van der Waals surface area (Å²) in [7, 11) is 0. The Hall–Kier alpha value is -1.65. The maximum atomic E-state index is 12.2. The topological polar surface area (TPSA) is 32.3 Å². The van der Waals surface area contributed by atoms with Gasteiger partial charge in [0.25, 0.3) is 0 Å². The van der Waals surface area contributed by atoms with E-state index in [1.54, 1.807) is 0 Å². The number of nitrogens with zero attached hydrogens (tertiary/aromatic N) is 1. The Morgan fingerprint density at radius 3 is 2.95 bits per heavy atom. The Labute approximate surface area is 129 Å². The summed E-state index contributed by atoms with van der Waals surface area (Å²) >= 11 is 1.82. The average Bonchev–Trinajstić information content (AvgIpc) is 2.90. The third-order valence-corrected chi connectivity index (χ3v) is 5.07. The first-order chi connectivity index (χ1) is 10.1. The van der Waals surface area contributed by atoms with Crippen LogP contribution in [0.2, 0.25) is 0 Å². The Bertz CT molecular complexity index is 663. The third kappa shape index (κ3) is 3.34. The van der Waals surface area contributed by atoms with Crippen LogP contribution in [0.1, 0.15) is 21.6 Å². The van der Waals surface area contributed by atoms with Gasteiger partial charge < -0.3 is 5.32 Å². The lowest BCUT2D eigenvalue weighted by Crippen LogP contribution is -2.36. The van der Waals surface area contributed by atoms with Crippen molar-refractivity contribution in [3.63, 3.8) is 0 Å². The molecule has 21 heavy (non-hydrogen) atoms. The minimum atomic E-state index is 0.0666. The number of anilines is 1. The second kappa shape index (κ2) is 6.00. The lowest BCUT2D eigenvalue weighted by atomic mass is 10.1. The predicted molar refractivity (Wildman–Crippen MR) is 87.8 cm³/mol. The van der Waals surface area contributed by atoms with Crippen LogP contribution in [-0.2, 0) is 17.8 Å². The Balaban J connectivity index is 1.58. The first kappa shape index (κ1) is 14.3. The van der Waals surface area contributed by atoms with Gasteiger partial charge in [0.1, 0.15) is 0 Å². The van der Waals surface area contributed by atoms with Crippen LogP contribution in [0.3, 0.4) is 0 Å². The summed E-state index contributed by atoms with van der Waals surface area (Å²) in [6, 6.07) is 8.21. The second-order valence-corrected chi connectivity index (χ2v) is 6.68. The van der Waals surface area contributed by atoms with Gasteiger partial charge in [-0.3, -0.25) is 9.69 Å². The summed E-state index contributed by atoms with van der Waals surface area (Å²) in [6.45, 7) is 6.45. The predicted octanol–water partition coefficient (Wildman–Crippen LogP) is 3.36. The van der Waals surface area contributed by atoms with E-state index < -0.39 is 0 Å². The van der Waals surface area contributed by atoms with Gasteiger partial charge >= 0.3 is 0 Å². The molecule has 0 atom stereocenters. The molecule has 1 aromatic heterocycles. The van der Waals surface area contributed by atoms with Crippen molar-refractivity contribution in [1.82, 2.24) is 4.90 Å². The highest BCUT2D eigenvalue weighted by molar-refractivity contribution is 7.10. The van der Waals surface area contributed by atoms with Gasteiger partial charge in [-0.15, -0.1) is 11.3 Å². The van der Waals surface area contributed by atoms with E-state index in [-0.39, 0.29) is 5.91 Å². The number of hydrogen-bond acceptors (Lipinski definition) is 3. The van der Waals surface area contributed by atoms with Gasteiger partial charge in [0.2, 0.25) is 5.91 Å². The number of benzene rings is 1. The van der Waals surface area contributed by atoms with Crippen LogP contribution in [-0.4, -0.2) is 23.9 Å². The van der Waals surface area contributed by atoms with Crippen molar-refractivity contribution in [1.29, 1.82) is 0 Å². The number of thiophene rings is 1. The highest BCUT2D eigenvalue weighted by atomic mass is 32.1. The lowest BCUT2D eigenvalue weighted by molar-refractivity contribution is -0.117. The fourth-order valence-corrected chi connectivity index (χ4v) is 3.55. The molecule has 4 heteroatoms. The van der Waals surface area contributed by atoms with Crippen LogP contribution >= 0.6 is 11.3 Å². The summed E-state index contributed by atoms with van der Waals surface area (Å²) in [5, 5.41) is 5.14. The van der Waals surface area contributed by atoms with Gasteiger partial charge in [0.15, 0.2) is 0 Å². The van der Waals surface area contributed by atoms with E-state index in [9.17, 15) is 4.79 Å². The Morgan fingerprint density at radius 2 is 2.14 bits per heavy atom. The maximum Gasteiger partial charge on any atom is 0.238 e. The quantitative estimate of drug-likeness (QED) is 0.942. The third-order valence-electron chi connectivity index (χ3n) is 4.04. The van der Waals surface area contributed by atoms with E-state index >= 15 is 0 Å². The SMILES string of the molecule is Cc1ccc(NC(=O)CN2CCc3sccc3C2)cc1C. The summed E-state index contributed by atoms with van der Waals surface area (Å²) in [5.74, 6) is 0.0666. The van der Waals surface area contributed by atoms with Gasteiger partial charge in [-0.1, -0.05) is 6.07 Å². The molecular formula is C17H20N2OS. The van der Waals surface area contributed by atoms with Crippen molar-refractivity contribution < 1.29 is 4.79 Å². The van der Waals surface area contributed by atoms with E-state index in [0.29, 0.717) is 6.54 Å². The standard InChI is InChI=1S/C17H20N2OS/c1-12-3-4-15(9-13(12)2)18-17(20)11-19-7-5-16-14(10-19)6-8-21-16/h3-4,6,8-9H,5,7,10-11H2,1-2H3,(H,18,20). The minimum absolute atomic E-state index is 0.0666. The molecule has 2 heterocycles. The summed E-state index contributed by atoms with van der Waals surface area (Å²) in [4.78, 5) is 15.9. The first-order valence-electron chi connectivity index (χ1n) is 7.26. The molecule has 1 aromatic carbocycles. The summed E-state index contributed by atoms with van der Waals surface area (Å²) in [6.07, 6.45) is 1.06. The molecule has 3 rings (SSSR count). The van der Waals surface area contributed by atoms with E-state index in [1.165, 1.54) is 21.6 Å². The van der Waals surface area contributed by atoms with Gasteiger partial charge in [-0.2, -0.15) is 0 Å². The molecule has 0 saturated heterocycles. The maximum absolute atomic E-state index is 12.2. The van der Waals surface area contributed by atoms with Gasteiger partial charge in [-0.25, -0.2) is 0 Å². The lowest BCUT2D eigenvalue weighted by Gasteiger charge is -2.26. The normalized spacial score (nSPS) is 14.8. The molecule has 0 fully saturated rings. The summed E-state index contributed by atoms with van der Waals surface area (Å²) in [5.41, 5.74) is 4.71. The van der Waals surface area contributed by atoms with Crippen molar-refractivity contribution in [3.05, 3.63) is 51.2 Å². The van der Waals surface area contributed by atoms with Crippen LogP contribution in [0.25, 0.3) is 0 Å². The zero-order chi connectivity index (χ0) is 14.8. The van der Waals surface area contributed by atoms with Crippen LogP contribution in [0, 0.1) is 13.8 Å².